The molecule has 0 unspecified atom stereocenters. The lowest BCUT2D eigenvalue weighted by Gasteiger charge is -2.04. The lowest BCUT2D eigenvalue weighted by atomic mass is 10.3. The molecule has 0 fully saturated rings. The summed E-state index contributed by atoms with van der Waals surface area (Å²) in [6.07, 6.45) is 5.39. The van der Waals surface area contributed by atoms with Crippen molar-refractivity contribution in [3.05, 3.63) is 67.3 Å². The zero-order chi connectivity index (χ0) is 18.2. The Bertz CT molecular complexity index is 1170. The maximum absolute atomic E-state index is 6.04. The number of rotatable bonds is 4. The van der Waals surface area contributed by atoms with Gasteiger partial charge in [-0.3, -0.25) is 0 Å². The number of benzene rings is 2. The van der Waals surface area contributed by atoms with Crippen molar-refractivity contribution in [3.8, 4) is 10.8 Å². The molecule has 3 N–H and O–H groups in total. The van der Waals surface area contributed by atoms with Gasteiger partial charge in [0.1, 0.15) is 0 Å². The average Bonchev–Trinajstić information content (AvgIpc) is 3.41. The zero-order valence-corrected chi connectivity index (χ0v) is 14.8. The van der Waals surface area contributed by atoms with Gasteiger partial charge in [-0.2, -0.15) is 9.67 Å². The van der Waals surface area contributed by atoms with E-state index >= 15 is 0 Å². The van der Waals surface area contributed by atoms with E-state index in [2.05, 4.69) is 25.4 Å². The summed E-state index contributed by atoms with van der Waals surface area (Å²) in [6, 6.07) is 15.8. The van der Waals surface area contributed by atoms with Gasteiger partial charge in [-0.15, -0.1) is 5.10 Å². The quantitative estimate of drug-likeness (QED) is 0.500. The molecule has 27 heavy (non-hydrogen) atoms. The fourth-order valence-electron chi connectivity index (χ4n) is 2.73. The predicted molar refractivity (Wildman–Crippen MR) is 106 cm³/mol. The van der Waals surface area contributed by atoms with Crippen LogP contribution < -0.4 is 11.1 Å². The maximum atomic E-state index is 6.04. The number of hydrogen-bond acceptors (Lipinski definition) is 7. The van der Waals surface area contributed by atoms with Crippen LogP contribution in [-0.2, 0) is 0 Å². The molecule has 0 aliphatic heterocycles. The van der Waals surface area contributed by atoms with E-state index in [0.29, 0.717) is 11.1 Å². The van der Waals surface area contributed by atoms with Gasteiger partial charge < -0.3 is 15.6 Å². The number of para-hydroxylation sites is 1. The molecule has 0 spiro atoms. The van der Waals surface area contributed by atoms with Crippen molar-refractivity contribution >= 4 is 39.1 Å². The molecule has 8 nitrogen and oxygen atoms in total. The third kappa shape index (κ3) is 2.89. The number of hydrogen-bond donors (Lipinski definition) is 2. The Balaban J connectivity index is 1.41. The monoisotopic (exact) mass is 374 g/mol. The normalized spacial score (nSPS) is 11.1. The van der Waals surface area contributed by atoms with Crippen molar-refractivity contribution in [2.24, 2.45) is 0 Å². The van der Waals surface area contributed by atoms with E-state index in [0.717, 1.165) is 21.6 Å². The molecule has 0 bridgehead atoms. The van der Waals surface area contributed by atoms with Gasteiger partial charge in [0, 0.05) is 23.8 Å². The first-order valence-corrected chi connectivity index (χ1v) is 9.02. The number of aromatic nitrogens is 6. The highest BCUT2D eigenvalue weighted by Crippen LogP contribution is 2.26. The summed E-state index contributed by atoms with van der Waals surface area (Å²) in [5.74, 6) is 0.703. The molecule has 0 radical (unpaired) electrons. The van der Waals surface area contributed by atoms with Crippen LogP contribution in [0, 0.1) is 0 Å². The van der Waals surface area contributed by atoms with Crippen LogP contribution in [0.15, 0.2) is 67.3 Å². The maximum Gasteiger partial charge on any atom is 0.248 e. The number of fused-ring (bicyclic) bond motifs is 1. The summed E-state index contributed by atoms with van der Waals surface area (Å²) >= 11 is 1.52. The fraction of sp³-hybridized carbons (Fsp3) is 0. The summed E-state index contributed by atoms with van der Waals surface area (Å²) < 4.78 is 4.56. The van der Waals surface area contributed by atoms with Crippen molar-refractivity contribution in [2.45, 2.75) is 0 Å². The number of imidazole rings is 1. The van der Waals surface area contributed by atoms with Gasteiger partial charge in [0.05, 0.1) is 16.5 Å². The number of nitrogens with one attached hydrogen (secondary N) is 1. The number of nitrogen functional groups attached to an aromatic ring is 1. The number of thiazole rings is 1. The van der Waals surface area contributed by atoms with Crippen LogP contribution in [-0.4, -0.2) is 29.3 Å². The highest BCUT2D eigenvalue weighted by atomic mass is 32.1. The third-order valence-electron chi connectivity index (χ3n) is 4.02. The minimum Gasteiger partial charge on any atom is -0.368 e. The van der Waals surface area contributed by atoms with Crippen molar-refractivity contribution in [3.63, 3.8) is 0 Å². The molecule has 9 heteroatoms. The SMILES string of the molecule is Nc1nc(Nc2ccc(-n3ccnc3)cc2)nn1-c1nc2ccccc2s1. The van der Waals surface area contributed by atoms with Crippen LogP contribution in [0.4, 0.5) is 17.6 Å². The van der Waals surface area contributed by atoms with Crippen molar-refractivity contribution in [1.82, 2.24) is 29.3 Å². The molecule has 0 saturated heterocycles. The summed E-state index contributed by atoms with van der Waals surface area (Å²) in [6.45, 7) is 0. The van der Waals surface area contributed by atoms with E-state index in [1.54, 1.807) is 17.2 Å². The minimum atomic E-state index is 0.284. The molecule has 0 saturated carbocycles. The van der Waals surface area contributed by atoms with E-state index < -0.39 is 0 Å². The van der Waals surface area contributed by atoms with Gasteiger partial charge >= 0.3 is 0 Å². The first-order chi connectivity index (χ1) is 13.3. The molecule has 0 atom stereocenters. The van der Waals surface area contributed by atoms with Gasteiger partial charge in [-0.1, -0.05) is 23.5 Å². The van der Waals surface area contributed by atoms with Crippen molar-refractivity contribution in [2.75, 3.05) is 11.1 Å². The summed E-state index contributed by atoms with van der Waals surface area (Å²) in [5, 5.41) is 8.30. The van der Waals surface area contributed by atoms with Gasteiger partial charge in [0.25, 0.3) is 0 Å². The van der Waals surface area contributed by atoms with Gasteiger partial charge in [-0.05, 0) is 36.4 Å². The smallest absolute Gasteiger partial charge is 0.248 e. The molecular formula is C18H14N8S. The molecule has 132 valence electrons. The van der Waals surface area contributed by atoms with Crippen LogP contribution in [0.1, 0.15) is 0 Å². The Kier molecular flexibility index (Phi) is 3.58. The summed E-state index contributed by atoms with van der Waals surface area (Å²) in [7, 11) is 0. The molecule has 0 aliphatic carbocycles. The van der Waals surface area contributed by atoms with Crippen LogP contribution >= 0.6 is 11.3 Å². The second-order valence-corrected chi connectivity index (χ2v) is 6.82. The van der Waals surface area contributed by atoms with E-state index in [9.17, 15) is 0 Å². The zero-order valence-electron chi connectivity index (χ0n) is 14.0. The summed E-state index contributed by atoms with van der Waals surface area (Å²) in [4.78, 5) is 12.9. The Hall–Kier alpha value is -3.72. The summed E-state index contributed by atoms with van der Waals surface area (Å²) in [5.41, 5.74) is 8.84. The largest absolute Gasteiger partial charge is 0.368 e. The van der Waals surface area contributed by atoms with E-state index in [1.807, 2.05) is 59.3 Å². The molecular weight excluding hydrogens is 360 g/mol. The molecule has 5 aromatic rings. The molecule has 0 aliphatic rings. The first kappa shape index (κ1) is 15.5. The Morgan fingerprint density at radius 3 is 2.63 bits per heavy atom. The Labute approximate surface area is 157 Å². The standard InChI is InChI=1S/C18H14N8S/c19-16-23-17(21-12-5-7-13(8-6-12)25-10-9-20-11-25)24-26(16)18-22-14-3-1-2-4-15(14)27-18/h1-11H,(H3,19,21,23,24). The lowest BCUT2D eigenvalue weighted by Crippen LogP contribution is -2.01. The molecule has 0 amide bonds. The Morgan fingerprint density at radius 2 is 1.85 bits per heavy atom. The topological polar surface area (TPSA) is 99.5 Å². The second-order valence-electron chi connectivity index (χ2n) is 5.81. The van der Waals surface area contributed by atoms with Gasteiger partial charge in [0.2, 0.25) is 17.0 Å². The fourth-order valence-corrected chi connectivity index (χ4v) is 3.65. The minimum absolute atomic E-state index is 0.284. The lowest BCUT2D eigenvalue weighted by molar-refractivity contribution is 0.886. The van der Waals surface area contributed by atoms with Crippen LogP contribution in [0.3, 0.4) is 0 Å². The molecule has 3 heterocycles. The van der Waals surface area contributed by atoms with E-state index in [1.165, 1.54) is 11.3 Å². The predicted octanol–water partition coefficient (Wildman–Crippen LogP) is 3.39. The molecule has 5 rings (SSSR count). The van der Waals surface area contributed by atoms with Crippen LogP contribution in [0.2, 0.25) is 0 Å². The van der Waals surface area contributed by atoms with Gasteiger partial charge in [0.15, 0.2) is 0 Å². The van der Waals surface area contributed by atoms with Crippen molar-refractivity contribution < 1.29 is 0 Å². The third-order valence-corrected chi connectivity index (χ3v) is 5.03. The second kappa shape index (κ2) is 6.22. The molecule has 2 aromatic carbocycles. The highest BCUT2D eigenvalue weighted by Gasteiger charge is 2.13. The highest BCUT2D eigenvalue weighted by molar-refractivity contribution is 7.20. The number of anilines is 3. The van der Waals surface area contributed by atoms with Crippen molar-refractivity contribution in [1.29, 1.82) is 0 Å². The van der Waals surface area contributed by atoms with Gasteiger partial charge in [-0.25, -0.2) is 9.97 Å². The number of nitrogens with zero attached hydrogens (tertiary/aromatic N) is 6. The van der Waals surface area contributed by atoms with Crippen LogP contribution in [0.25, 0.3) is 21.0 Å². The average molecular weight is 374 g/mol. The van der Waals surface area contributed by atoms with E-state index in [4.69, 9.17) is 5.73 Å². The first-order valence-electron chi connectivity index (χ1n) is 8.20. The van der Waals surface area contributed by atoms with Crippen LogP contribution in [0.5, 0.6) is 0 Å². The molecule has 3 aromatic heterocycles. The Morgan fingerprint density at radius 1 is 1.00 bits per heavy atom. The number of nitrogens with two attached hydrogens (primary N) is 1. The van der Waals surface area contributed by atoms with E-state index in [-0.39, 0.29) is 5.95 Å².